The highest BCUT2D eigenvalue weighted by Crippen LogP contribution is 2.29. The molecule has 0 amide bonds. The summed E-state index contributed by atoms with van der Waals surface area (Å²) < 4.78 is 0. The van der Waals surface area contributed by atoms with Gasteiger partial charge in [-0.1, -0.05) is 40.0 Å². The van der Waals surface area contributed by atoms with E-state index < -0.39 is 0 Å². The first kappa shape index (κ1) is 16.0. The topological polar surface area (TPSA) is 15.3 Å². The van der Waals surface area contributed by atoms with Gasteiger partial charge in [0.05, 0.1) is 0 Å². The number of nitrogens with zero attached hydrogens (tertiary/aromatic N) is 1. The van der Waals surface area contributed by atoms with Gasteiger partial charge in [0.1, 0.15) is 0 Å². The number of hydrogen-bond acceptors (Lipinski definition) is 2. The smallest absolute Gasteiger partial charge is 0.0220 e. The quantitative estimate of drug-likeness (QED) is 0.665. The average molecular weight is 254 g/mol. The zero-order chi connectivity index (χ0) is 13.4. The SMILES string of the molecule is CCCNCC(CCC)N(C)C1CCCCC1C. The Bertz CT molecular complexity index is 205. The molecule has 108 valence electrons. The van der Waals surface area contributed by atoms with E-state index in [0.717, 1.165) is 24.5 Å². The third-order valence-electron chi connectivity index (χ3n) is 4.59. The second kappa shape index (κ2) is 8.92. The average Bonchev–Trinajstić information content (AvgIpc) is 2.38. The molecule has 2 heteroatoms. The zero-order valence-corrected chi connectivity index (χ0v) is 13.0. The van der Waals surface area contributed by atoms with Crippen LogP contribution in [0.25, 0.3) is 0 Å². The molecule has 3 atom stereocenters. The monoisotopic (exact) mass is 254 g/mol. The van der Waals surface area contributed by atoms with Crippen molar-refractivity contribution in [2.45, 2.75) is 77.8 Å². The summed E-state index contributed by atoms with van der Waals surface area (Å²) in [7, 11) is 2.36. The summed E-state index contributed by atoms with van der Waals surface area (Å²) in [6.07, 6.45) is 9.57. The van der Waals surface area contributed by atoms with Gasteiger partial charge < -0.3 is 5.32 Å². The molecule has 0 aromatic rings. The van der Waals surface area contributed by atoms with E-state index in [9.17, 15) is 0 Å². The Hall–Kier alpha value is -0.0800. The molecule has 0 aromatic heterocycles. The van der Waals surface area contributed by atoms with Crippen LogP contribution in [-0.2, 0) is 0 Å². The first-order valence-corrected chi connectivity index (χ1v) is 8.13. The van der Waals surface area contributed by atoms with Crippen molar-refractivity contribution in [3.05, 3.63) is 0 Å². The van der Waals surface area contributed by atoms with E-state index in [4.69, 9.17) is 0 Å². The molecule has 1 saturated carbocycles. The summed E-state index contributed by atoms with van der Waals surface area (Å²) in [4.78, 5) is 2.69. The fraction of sp³-hybridized carbons (Fsp3) is 1.00. The second-order valence-corrected chi connectivity index (χ2v) is 6.14. The number of likely N-dealkylation sites (N-methyl/N-ethyl adjacent to an activating group) is 1. The summed E-state index contributed by atoms with van der Waals surface area (Å²) >= 11 is 0. The molecule has 0 radical (unpaired) electrons. The van der Waals surface area contributed by atoms with Crippen molar-refractivity contribution in [2.75, 3.05) is 20.1 Å². The largest absolute Gasteiger partial charge is 0.315 e. The van der Waals surface area contributed by atoms with E-state index in [1.807, 2.05) is 0 Å². The van der Waals surface area contributed by atoms with Gasteiger partial charge >= 0.3 is 0 Å². The molecule has 1 N–H and O–H groups in total. The molecule has 18 heavy (non-hydrogen) atoms. The normalized spacial score (nSPS) is 26.5. The minimum Gasteiger partial charge on any atom is -0.315 e. The van der Waals surface area contributed by atoms with E-state index in [1.54, 1.807) is 0 Å². The third kappa shape index (κ3) is 4.89. The lowest BCUT2D eigenvalue weighted by Crippen LogP contribution is -2.48. The first-order valence-electron chi connectivity index (χ1n) is 8.13. The van der Waals surface area contributed by atoms with Crippen molar-refractivity contribution in [3.63, 3.8) is 0 Å². The van der Waals surface area contributed by atoms with E-state index >= 15 is 0 Å². The van der Waals surface area contributed by atoms with Gasteiger partial charge in [-0.05, 0) is 45.2 Å². The Morgan fingerprint density at radius 3 is 2.50 bits per heavy atom. The predicted octanol–water partition coefficient (Wildman–Crippen LogP) is 3.67. The predicted molar refractivity (Wildman–Crippen MR) is 81.0 cm³/mol. The van der Waals surface area contributed by atoms with E-state index in [0.29, 0.717) is 0 Å². The van der Waals surface area contributed by atoms with Crippen LogP contribution in [0.15, 0.2) is 0 Å². The number of hydrogen-bond donors (Lipinski definition) is 1. The molecule has 0 aromatic carbocycles. The fourth-order valence-electron chi connectivity index (χ4n) is 3.40. The summed E-state index contributed by atoms with van der Waals surface area (Å²) in [5.41, 5.74) is 0. The van der Waals surface area contributed by atoms with Crippen LogP contribution in [0.2, 0.25) is 0 Å². The lowest BCUT2D eigenvalue weighted by Gasteiger charge is -2.41. The zero-order valence-electron chi connectivity index (χ0n) is 13.0. The highest BCUT2D eigenvalue weighted by Gasteiger charge is 2.28. The standard InChI is InChI=1S/C16H34N2/c1-5-9-15(13-17-12-6-2)18(4)16-11-8-7-10-14(16)3/h14-17H,5-13H2,1-4H3. The van der Waals surface area contributed by atoms with Crippen LogP contribution in [0.5, 0.6) is 0 Å². The van der Waals surface area contributed by atoms with Crippen molar-refractivity contribution in [3.8, 4) is 0 Å². The van der Waals surface area contributed by atoms with Crippen LogP contribution < -0.4 is 5.32 Å². The molecule has 0 bridgehead atoms. The second-order valence-electron chi connectivity index (χ2n) is 6.14. The van der Waals surface area contributed by atoms with Crippen LogP contribution in [0.4, 0.5) is 0 Å². The molecule has 0 heterocycles. The van der Waals surface area contributed by atoms with Gasteiger partial charge in [-0.25, -0.2) is 0 Å². The number of nitrogens with one attached hydrogen (secondary N) is 1. The maximum Gasteiger partial charge on any atom is 0.0220 e. The summed E-state index contributed by atoms with van der Waals surface area (Å²) in [5, 5.41) is 3.61. The Kier molecular flexibility index (Phi) is 7.92. The minimum atomic E-state index is 0.729. The molecule has 1 aliphatic rings. The first-order chi connectivity index (χ1) is 8.70. The molecule has 0 saturated heterocycles. The van der Waals surface area contributed by atoms with E-state index in [1.165, 1.54) is 51.5 Å². The maximum absolute atomic E-state index is 3.61. The van der Waals surface area contributed by atoms with Crippen molar-refractivity contribution in [1.29, 1.82) is 0 Å². The molecule has 0 aliphatic heterocycles. The van der Waals surface area contributed by atoms with Crippen LogP contribution in [0.1, 0.15) is 65.7 Å². The molecule has 2 nitrogen and oxygen atoms in total. The highest BCUT2D eigenvalue weighted by molar-refractivity contribution is 4.84. The van der Waals surface area contributed by atoms with Gasteiger partial charge in [-0.2, -0.15) is 0 Å². The van der Waals surface area contributed by atoms with Crippen molar-refractivity contribution >= 4 is 0 Å². The maximum atomic E-state index is 3.61. The van der Waals surface area contributed by atoms with E-state index in [2.05, 4.69) is 38.0 Å². The van der Waals surface area contributed by atoms with Gasteiger partial charge in [0.15, 0.2) is 0 Å². The van der Waals surface area contributed by atoms with Crippen molar-refractivity contribution in [1.82, 2.24) is 10.2 Å². The molecule has 1 aliphatic carbocycles. The van der Waals surface area contributed by atoms with E-state index in [-0.39, 0.29) is 0 Å². The van der Waals surface area contributed by atoms with Gasteiger partial charge in [-0.15, -0.1) is 0 Å². The molecule has 1 rings (SSSR count). The molecular formula is C16H34N2. The lowest BCUT2D eigenvalue weighted by atomic mass is 9.84. The molecule has 1 fully saturated rings. The number of rotatable bonds is 8. The summed E-state index contributed by atoms with van der Waals surface area (Å²) in [6.45, 7) is 9.33. The van der Waals surface area contributed by atoms with Crippen LogP contribution in [0.3, 0.4) is 0 Å². The van der Waals surface area contributed by atoms with Crippen molar-refractivity contribution in [2.24, 2.45) is 5.92 Å². The Labute approximate surface area is 115 Å². The molecular weight excluding hydrogens is 220 g/mol. The van der Waals surface area contributed by atoms with Gasteiger partial charge in [0.25, 0.3) is 0 Å². The van der Waals surface area contributed by atoms with Gasteiger partial charge in [0, 0.05) is 18.6 Å². The molecule has 0 spiro atoms. The fourth-order valence-corrected chi connectivity index (χ4v) is 3.40. The Balaban J connectivity index is 2.48. The van der Waals surface area contributed by atoms with Crippen LogP contribution >= 0.6 is 0 Å². The lowest BCUT2D eigenvalue weighted by molar-refractivity contribution is 0.0907. The van der Waals surface area contributed by atoms with Gasteiger partial charge in [0.2, 0.25) is 0 Å². The summed E-state index contributed by atoms with van der Waals surface area (Å²) in [5.74, 6) is 0.884. The molecule has 3 unspecified atom stereocenters. The van der Waals surface area contributed by atoms with Gasteiger partial charge in [-0.3, -0.25) is 4.90 Å². The van der Waals surface area contributed by atoms with Crippen LogP contribution in [-0.4, -0.2) is 37.1 Å². The highest BCUT2D eigenvalue weighted by atomic mass is 15.2. The summed E-state index contributed by atoms with van der Waals surface area (Å²) in [6, 6.07) is 1.55. The third-order valence-corrected chi connectivity index (χ3v) is 4.59. The Morgan fingerprint density at radius 2 is 1.89 bits per heavy atom. The Morgan fingerprint density at radius 1 is 1.17 bits per heavy atom. The van der Waals surface area contributed by atoms with Crippen LogP contribution in [0, 0.1) is 5.92 Å². The minimum absolute atomic E-state index is 0.729. The van der Waals surface area contributed by atoms with Crippen molar-refractivity contribution < 1.29 is 0 Å².